The highest BCUT2D eigenvalue weighted by Gasteiger charge is 2.32. The zero-order valence-electron chi connectivity index (χ0n) is 12.7. The predicted octanol–water partition coefficient (Wildman–Crippen LogP) is 4.03. The minimum Gasteiger partial charge on any atom is -0.410 e. The van der Waals surface area contributed by atoms with Crippen molar-refractivity contribution in [3.8, 4) is 5.75 Å². The number of halogens is 4. The Morgan fingerprint density at radius 3 is 2.18 bits per heavy atom. The second kappa shape index (κ2) is 7.19. The summed E-state index contributed by atoms with van der Waals surface area (Å²) in [6.07, 6.45) is -5.36. The fourth-order valence-corrected chi connectivity index (χ4v) is 1.55. The molecule has 0 aliphatic carbocycles. The van der Waals surface area contributed by atoms with Crippen LogP contribution in [-0.4, -0.2) is 11.6 Å². The number of amides is 1. The third kappa shape index (κ3) is 6.53. The first-order valence-corrected chi connectivity index (χ1v) is 6.36. The van der Waals surface area contributed by atoms with E-state index in [1.807, 2.05) is 0 Å². The van der Waals surface area contributed by atoms with Crippen molar-refractivity contribution < 1.29 is 22.7 Å². The molecule has 0 heterocycles. The first-order chi connectivity index (χ1) is 9.38. The lowest BCUT2D eigenvalue weighted by molar-refractivity contribution is -0.137. The van der Waals surface area contributed by atoms with Crippen LogP contribution in [0.1, 0.15) is 44.9 Å². The SMILES string of the molecule is C[C@@H](N)c1cc(OC(=O)NC(C)(C)C)cc(C(F)(F)F)c1.Cl. The lowest BCUT2D eigenvalue weighted by atomic mass is 10.0. The maximum atomic E-state index is 12.8. The van der Waals surface area contributed by atoms with E-state index in [2.05, 4.69) is 5.32 Å². The summed E-state index contributed by atoms with van der Waals surface area (Å²) in [7, 11) is 0. The molecule has 3 N–H and O–H groups in total. The molecule has 0 bridgehead atoms. The average Bonchev–Trinajstić information content (AvgIpc) is 2.24. The van der Waals surface area contributed by atoms with E-state index in [1.165, 1.54) is 6.07 Å². The average molecular weight is 341 g/mol. The summed E-state index contributed by atoms with van der Waals surface area (Å²) >= 11 is 0. The molecule has 1 rings (SSSR count). The standard InChI is InChI=1S/C14H19F3N2O2.ClH/c1-8(18)9-5-10(14(15,16)17)7-11(6-9)21-12(20)19-13(2,3)4;/h5-8H,18H2,1-4H3,(H,19,20);1H/t8-;/m1./s1. The van der Waals surface area contributed by atoms with E-state index >= 15 is 0 Å². The zero-order chi connectivity index (χ0) is 16.4. The quantitative estimate of drug-likeness (QED) is 0.854. The van der Waals surface area contributed by atoms with Crippen LogP contribution >= 0.6 is 12.4 Å². The highest BCUT2D eigenvalue weighted by Crippen LogP contribution is 2.33. The summed E-state index contributed by atoms with van der Waals surface area (Å²) in [6.45, 7) is 6.74. The number of carbonyl (C=O) groups excluding carboxylic acids is 1. The molecule has 0 radical (unpaired) electrons. The summed E-state index contributed by atoms with van der Waals surface area (Å²) in [5, 5.41) is 2.50. The van der Waals surface area contributed by atoms with E-state index in [4.69, 9.17) is 10.5 Å². The van der Waals surface area contributed by atoms with Gasteiger partial charge in [-0.15, -0.1) is 12.4 Å². The number of nitrogens with two attached hydrogens (primary N) is 1. The first kappa shape index (κ1) is 20.5. The number of carbonyl (C=O) groups is 1. The third-order valence-electron chi connectivity index (χ3n) is 2.47. The van der Waals surface area contributed by atoms with Crippen LogP contribution in [0, 0.1) is 0 Å². The maximum Gasteiger partial charge on any atom is 0.416 e. The monoisotopic (exact) mass is 340 g/mol. The van der Waals surface area contributed by atoms with Crippen LogP contribution in [0.25, 0.3) is 0 Å². The summed E-state index contributed by atoms with van der Waals surface area (Å²) in [4.78, 5) is 11.6. The van der Waals surface area contributed by atoms with Crippen molar-refractivity contribution in [3.05, 3.63) is 29.3 Å². The smallest absolute Gasteiger partial charge is 0.410 e. The van der Waals surface area contributed by atoms with Gasteiger partial charge in [-0.2, -0.15) is 13.2 Å². The van der Waals surface area contributed by atoms with Gasteiger partial charge < -0.3 is 15.8 Å². The van der Waals surface area contributed by atoms with Gasteiger partial charge in [0.15, 0.2) is 0 Å². The van der Waals surface area contributed by atoms with E-state index in [0.717, 1.165) is 12.1 Å². The molecule has 0 saturated heterocycles. The lowest BCUT2D eigenvalue weighted by Gasteiger charge is -2.20. The number of ether oxygens (including phenoxy) is 1. The fraction of sp³-hybridized carbons (Fsp3) is 0.500. The summed E-state index contributed by atoms with van der Waals surface area (Å²) in [5.41, 5.74) is 4.38. The number of nitrogens with one attached hydrogen (secondary N) is 1. The minimum absolute atomic E-state index is 0. The van der Waals surface area contributed by atoms with Gasteiger partial charge in [-0.05, 0) is 51.5 Å². The molecular weight excluding hydrogens is 321 g/mol. The van der Waals surface area contributed by atoms with Gasteiger partial charge in [0.25, 0.3) is 0 Å². The van der Waals surface area contributed by atoms with Crippen LogP contribution in [0.2, 0.25) is 0 Å². The predicted molar refractivity (Wildman–Crippen MR) is 80.2 cm³/mol. The molecule has 0 aliphatic heterocycles. The van der Waals surface area contributed by atoms with Crippen LogP contribution in [0.15, 0.2) is 18.2 Å². The molecule has 0 unspecified atom stereocenters. The lowest BCUT2D eigenvalue weighted by Crippen LogP contribution is -2.42. The normalized spacial score (nSPS) is 13.1. The molecule has 1 amide bonds. The minimum atomic E-state index is -4.54. The maximum absolute atomic E-state index is 12.8. The molecule has 0 saturated carbocycles. The number of alkyl halides is 3. The Morgan fingerprint density at radius 2 is 1.77 bits per heavy atom. The molecule has 1 aromatic carbocycles. The molecule has 126 valence electrons. The van der Waals surface area contributed by atoms with E-state index in [1.54, 1.807) is 27.7 Å². The molecule has 8 heteroatoms. The number of benzene rings is 1. The van der Waals surface area contributed by atoms with Crippen LogP contribution in [0.4, 0.5) is 18.0 Å². The van der Waals surface area contributed by atoms with Crippen LogP contribution in [-0.2, 0) is 6.18 Å². The van der Waals surface area contributed by atoms with E-state index in [0.29, 0.717) is 0 Å². The molecule has 1 aromatic rings. The Bertz CT molecular complexity index is 526. The van der Waals surface area contributed by atoms with Crippen molar-refractivity contribution in [1.29, 1.82) is 0 Å². The van der Waals surface area contributed by atoms with Crippen molar-refractivity contribution in [2.45, 2.75) is 45.5 Å². The van der Waals surface area contributed by atoms with Gasteiger partial charge >= 0.3 is 12.3 Å². The van der Waals surface area contributed by atoms with Gasteiger partial charge in [-0.3, -0.25) is 0 Å². The van der Waals surface area contributed by atoms with Crippen molar-refractivity contribution in [1.82, 2.24) is 5.32 Å². The molecule has 0 aliphatic rings. The van der Waals surface area contributed by atoms with Crippen LogP contribution in [0.3, 0.4) is 0 Å². The van der Waals surface area contributed by atoms with Crippen LogP contribution in [0.5, 0.6) is 5.75 Å². The topological polar surface area (TPSA) is 64.3 Å². The highest BCUT2D eigenvalue weighted by atomic mass is 35.5. The van der Waals surface area contributed by atoms with E-state index in [9.17, 15) is 18.0 Å². The van der Waals surface area contributed by atoms with Crippen LogP contribution < -0.4 is 15.8 Å². The Labute approximate surface area is 133 Å². The third-order valence-corrected chi connectivity index (χ3v) is 2.47. The van der Waals surface area contributed by atoms with Gasteiger partial charge in [0, 0.05) is 11.6 Å². The van der Waals surface area contributed by atoms with Gasteiger partial charge in [0.05, 0.1) is 5.56 Å². The number of hydrogen-bond donors (Lipinski definition) is 2. The number of rotatable bonds is 2. The van der Waals surface area contributed by atoms with Gasteiger partial charge in [-0.1, -0.05) is 0 Å². The Kier molecular flexibility index (Phi) is 6.71. The van der Waals surface area contributed by atoms with Crippen molar-refractivity contribution in [2.24, 2.45) is 5.73 Å². The fourth-order valence-electron chi connectivity index (χ4n) is 1.55. The highest BCUT2D eigenvalue weighted by molar-refractivity contribution is 5.85. The molecular formula is C14H20ClF3N2O2. The molecule has 0 aromatic heterocycles. The molecule has 4 nitrogen and oxygen atoms in total. The first-order valence-electron chi connectivity index (χ1n) is 6.36. The van der Waals surface area contributed by atoms with Crippen molar-refractivity contribution in [2.75, 3.05) is 0 Å². The Balaban J connectivity index is 0.00000441. The number of hydrogen-bond acceptors (Lipinski definition) is 3. The molecule has 1 atom stereocenters. The summed E-state index contributed by atoms with van der Waals surface area (Å²) < 4.78 is 43.4. The summed E-state index contributed by atoms with van der Waals surface area (Å²) in [6, 6.07) is 2.43. The summed E-state index contributed by atoms with van der Waals surface area (Å²) in [5.74, 6) is -0.195. The van der Waals surface area contributed by atoms with Crippen molar-refractivity contribution >= 4 is 18.5 Å². The second-order valence-electron chi connectivity index (χ2n) is 5.84. The molecule has 0 fully saturated rings. The van der Waals surface area contributed by atoms with E-state index in [-0.39, 0.29) is 23.7 Å². The molecule has 0 spiro atoms. The van der Waals surface area contributed by atoms with E-state index < -0.39 is 29.4 Å². The van der Waals surface area contributed by atoms with Gasteiger partial charge in [0.2, 0.25) is 0 Å². The largest absolute Gasteiger partial charge is 0.416 e. The van der Waals surface area contributed by atoms with Crippen molar-refractivity contribution in [3.63, 3.8) is 0 Å². The van der Waals surface area contributed by atoms with Gasteiger partial charge in [-0.25, -0.2) is 4.79 Å². The Morgan fingerprint density at radius 1 is 1.23 bits per heavy atom. The zero-order valence-corrected chi connectivity index (χ0v) is 13.6. The molecule has 22 heavy (non-hydrogen) atoms. The second-order valence-corrected chi connectivity index (χ2v) is 5.84. The van der Waals surface area contributed by atoms with Gasteiger partial charge in [0.1, 0.15) is 5.75 Å². The Hall–Kier alpha value is -1.47.